The smallest absolute Gasteiger partial charge is 0.316 e. The van der Waals surface area contributed by atoms with Gasteiger partial charge in [-0.05, 0) is 6.07 Å². The van der Waals surface area contributed by atoms with Gasteiger partial charge in [-0.1, -0.05) is 0 Å². The van der Waals surface area contributed by atoms with Crippen molar-refractivity contribution in [3.8, 4) is 0 Å². The van der Waals surface area contributed by atoms with Crippen LogP contribution in [0.2, 0.25) is 0 Å². The lowest BCUT2D eigenvalue weighted by molar-refractivity contribution is -0.153. The van der Waals surface area contributed by atoms with Gasteiger partial charge in [0, 0.05) is 32.3 Å². The van der Waals surface area contributed by atoms with Crippen molar-refractivity contribution >= 4 is 23.0 Å². The molecule has 2 saturated heterocycles. The predicted molar refractivity (Wildman–Crippen MR) is 83.2 cm³/mol. The Morgan fingerprint density at radius 1 is 1.42 bits per heavy atom. The average molecular weight is 330 g/mol. The monoisotopic (exact) mass is 330 g/mol. The van der Waals surface area contributed by atoms with Crippen molar-refractivity contribution in [2.75, 3.05) is 33.4 Å². The fourth-order valence-electron chi connectivity index (χ4n) is 3.75. The Bertz CT molecular complexity index is 833. The largest absolute Gasteiger partial charge is 0.468 e. The second kappa shape index (κ2) is 5.27. The van der Waals surface area contributed by atoms with Crippen LogP contribution in [0.15, 0.2) is 18.6 Å². The van der Waals surface area contributed by atoms with E-state index in [1.807, 2.05) is 7.05 Å². The Hall–Kier alpha value is -2.48. The molecule has 1 amide bonds. The Balaban J connectivity index is 1.67. The molecule has 0 aliphatic carbocycles. The highest BCUT2D eigenvalue weighted by Gasteiger charge is 2.57. The van der Waals surface area contributed by atoms with E-state index in [4.69, 9.17) is 9.47 Å². The number of carbonyl (C=O) groups excluding carboxylic acids is 2. The number of fused-ring (bicyclic) bond motifs is 2. The fraction of sp³-hybridized carbons (Fsp3) is 0.500. The number of carbonyl (C=O) groups is 2. The maximum atomic E-state index is 13.0. The standard InChI is InChI=1S/C16H18N4O4/c1-19-9-18-12-11(3-4-17-13(12)19)14(21)20-5-10-6-24-8-16(10,7-20)15(22)23-2/h3-4,9-10H,5-8H2,1-2H3/t10-,16-/m0/s1. The molecule has 24 heavy (non-hydrogen) atoms. The molecule has 2 atom stereocenters. The van der Waals surface area contributed by atoms with Crippen LogP contribution in [0.4, 0.5) is 0 Å². The van der Waals surface area contributed by atoms with Crippen LogP contribution in [-0.4, -0.2) is 64.7 Å². The van der Waals surface area contributed by atoms with E-state index in [9.17, 15) is 9.59 Å². The molecule has 0 spiro atoms. The molecule has 0 saturated carbocycles. The number of imidazole rings is 1. The van der Waals surface area contributed by atoms with E-state index in [2.05, 4.69) is 9.97 Å². The molecular weight excluding hydrogens is 312 g/mol. The molecule has 0 bridgehead atoms. The van der Waals surface area contributed by atoms with E-state index in [-0.39, 0.29) is 17.8 Å². The molecule has 8 nitrogen and oxygen atoms in total. The van der Waals surface area contributed by atoms with Gasteiger partial charge in [0.15, 0.2) is 5.65 Å². The van der Waals surface area contributed by atoms with Gasteiger partial charge in [-0.3, -0.25) is 9.59 Å². The quantitative estimate of drug-likeness (QED) is 0.733. The van der Waals surface area contributed by atoms with Crippen molar-refractivity contribution in [1.29, 1.82) is 0 Å². The third-order valence-electron chi connectivity index (χ3n) is 5.08. The second-order valence-corrected chi connectivity index (χ2v) is 6.43. The lowest BCUT2D eigenvalue weighted by atomic mass is 9.81. The number of amides is 1. The van der Waals surface area contributed by atoms with Crippen molar-refractivity contribution in [1.82, 2.24) is 19.4 Å². The van der Waals surface area contributed by atoms with Crippen LogP contribution in [0.5, 0.6) is 0 Å². The summed E-state index contributed by atoms with van der Waals surface area (Å²) in [5, 5.41) is 0. The first-order valence-electron chi connectivity index (χ1n) is 7.78. The van der Waals surface area contributed by atoms with Crippen LogP contribution in [0.3, 0.4) is 0 Å². The Labute approximate surface area is 138 Å². The molecule has 4 heterocycles. The summed E-state index contributed by atoms with van der Waals surface area (Å²) in [4.78, 5) is 35.5. The Morgan fingerprint density at radius 2 is 2.25 bits per heavy atom. The number of nitrogens with zero attached hydrogens (tertiary/aromatic N) is 4. The third-order valence-corrected chi connectivity index (χ3v) is 5.08. The molecule has 4 rings (SSSR count). The van der Waals surface area contributed by atoms with Gasteiger partial charge in [-0.2, -0.15) is 0 Å². The highest BCUT2D eigenvalue weighted by molar-refractivity contribution is 6.04. The van der Waals surface area contributed by atoms with Crippen LogP contribution < -0.4 is 0 Å². The van der Waals surface area contributed by atoms with E-state index < -0.39 is 5.41 Å². The molecular formula is C16H18N4O4. The number of esters is 1. The van der Waals surface area contributed by atoms with E-state index >= 15 is 0 Å². The molecule has 2 fully saturated rings. The maximum absolute atomic E-state index is 13.0. The molecule has 2 aliphatic heterocycles. The van der Waals surface area contributed by atoms with Gasteiger partial charge in [0.05, 0.1) is 32.2 Å². The lowest BCUT2D eigenvalue weighted by Crippen LogP contribution is -2.41. The van der Waals surface area contributed by atoms with Gasteiger partial charge < -0.3 is 18.9 Å². The zero-order valence-corrected chi connectivity index (χ0v) is 13.6. The van der Waals surface area contributed by atoms with Gasteiger partial charge in [0.1, 0.15) is 10.9 Å². The summed E-state index contributed by atoms with van der Waals surface area (Å²) in [6.45, 7) is 1.54. The van der Waals surface area contributed by atoms with E-state index in [1.54, 1.807) is 28.1 Å². The fourth-order valence-corrected chi connectivity index (χ4v) is 3.75. The minimum atomic E-state index is -0.749. The van der Waals surface area contributed by atoms with E-state index in [1.165, 1.54) is 7.11 Å². The van der Waals surface area contributed by atoms with E-state index in [0.717, 1.165) is 0 Å². The zero-order valence-electron chi connectivity index (χ0n) is 13.6. The molecule has 2 aromatic rings. The number of pyridine rings is 1. The number of aryl methyl sites for hydroxylation is 1. The minimum absolute atomic E-state index is 0.0324. The number of methoxy groups -OCH3 is 1. The molecule has 0 N–H and O–H groups in total. The lowest BCUT2D eigenvalue weighted by Gasteiger charge is -2.23. The van der Waals surface area contributed by atoms with Crippen LogP contribution in [0.1, 0.15) is 10.4 Å². The van der Waals surface area contributed by atoms with Crippen LogP contribution in [-0.2, 0) is 21.3 Å². The molecule has 0 unspecified atom stereocenters. The van der Waals surface area contributed by atoms with Crippen LogP contribution in [0, 0.1) is 11.3 Å². The molecule has 126 valence electrons. The number of ether oxygens (including phenoxy) is 2. The summed E-state index contributed by atoms with van der Waals surface area (Å²) in [6.07, 6.45) is 3.24. The topological polar surface area (TPSA) is 86.6 Å². The molecule has 0 radical (unpaired) electrons. The number of rotatable bonds is 2. The van der Waals surface area contributed by atoms with Gasteiger partial charge in [-0.25, -0.2) is 9.97 Å². The normalized spacial score (nSPS) is 25.9. The number of likely N-dealkylation sites (tertiary alicyclic amines) is 1. The summed E-state index contributed by atoms with van der Waals surface area (Å²) in [5.74, 6) is -0.480. The minimum Gasteiger partial charge on any atom is -0.468 e. The first kappa shape index (κ1) is 15.1. The summed E-state index contributed by atoms with van der Waals surface area (Å²) < 4.78 is 12.2. The van der Waals surface area contributed by atoms with Crippen LogP contribution in [0.25, 0.3) is 11.2 Å². The molecule has 0 aromatic carbocycles. The Morgan fingerprint density at radius 3 is 3.04 bits per heavy atom. The van der Waals surface area contributed by atoms with Crippen molar-refractivity contribution < 1.29 is 19.1 Å². The molecule has 8 heteroatoms. The number of aromatic nitrogens is 3. The summed E-state index contributed by atoms with van der Waals surface area (Å²) in [7, 11) is 3.21. The highest BCUT2D eigenvalue weighted by atomic mass is 16.5. The SMILES string of the molecule is COC(=O)[C@@]12COC[C@@H]1CN(C(=O)c1ccnc3c1ncn3C)C2. The Kier molecular flexibility index (Phi) is 3.31. The highest BCUT2D eigenvalue weighted by Crippen LogP contribution is 2.42. The molecule has 2 aliphatic rings. The first-order valence-corrected chi connectivity index (χ1v) is 7.78. The first-order chi connectivity index (χ1) is 11.6. The maximum Gasteiger partial charge on any atom is 0.316 e. The zero-order chi connectivity index (χ0) is 16.9. The number of hydrogen-bond donors (Lipinski definition) is 0. The number of hydrogen-bond acceptors (Lipinski definition) is 6. The summed E-state index contributed by atoms with van der Waals surface area (Å²) in [5.41, 5.74) is 0.985. The van der Waals surface area contributed by atoms with Crippen molar-refractivity contribution in [2.45, 2.75) is 0 Å². The van der Waals surface area contributed by atoms with Crippen molar-refractivity contribution in [3.05, 3.63) is 24.2 Å². The van der Waals surface area contributed by atoms with Crippen LogP contribution >= 0.6 is 0 Å². The van der Waals surface area contributed by atoms with Crippen molar-refractivity contribution in [2.24, 2.45) is 18.4 Å². The van der Waals surface area contributed by atoms with Gasteiger partial charge in [0.25, 0.3) is 5.91 Å². The van der Waals surface area contributed by atoms with Crippen molar-refractivity contribution in [3.63, 3.8) is 0 Å². The predicted octanol–water partition coefficient (Wildman–Crippen LogP) is 0.230. The average Bonchev–Trinajstić information content (AvgIpc) is 3.26. The van der Waals surface area contributed by atoms with Gasteiger partial charge >= 0.3 is 5.97 Å². The van der Waals surface area contributed by atoms with E-state index in [0.29, 0.717) is 43.0 Å². The van der Waals surface area contributed by atoms with Gasteiger partial charge in [-0.15, -0.1) is 0 Å². The summed E-state index contributed by atoms with van der Waals surface area (Å²) >= 11 is 0. The second-order valence-electron chi connectivity index (χ2n) is 6.43. The summed E-state index contributed by atoms with van der Waals surface area (Å²) in [6, 6.07) is 1.67. The third kappa shape index (κ3) is 1.96. The molecule has 2 aromatic heterocycles. The van der Waals surface area contributed by atoms with Gasteiger partial charge in [0.2, 0.25) is 0 Å².